The Kier molecular flexibility index (Phi) is 3.21. The first kappa shape index (κ1) is 16.9. The van der Waals surface area contributed by atoms with E-state index in [1.165, 1.54) is 0 Å². The van der Waals surface area contributed by atoms with Gasteiger partial charge >= 0.3 is 27.3 Å². The normalized spacial score (nSPS) is 41.8. The third-order valence-corrected chi connectivity index (χ3v) is 6.27. The molecule has 4 bridgehead atoms. The summed E-state index contributed by atoms with van der Waals surface area (Å²) in [5.74, 6) is -2.84. The van der Waals surface area contributed by atoms with E-state index in [9.17, 15) is 35.9 Å². The maximum atomic E-state index is 14.0. The second-order valence-corrected chi connectivity index (χ2v) is 8.39. The molecule has 0 amide bonds. The van der Waals surface area contributed by atoms with Gasteiger partial charge in [0.05, 0.1) is 5.60 Å². The summed E-state index contributed by atoms with van der Waals surface area (Å²) >= 11 is 0. The molecule has 4 aliphatic rings. The van der Waals surface area contributed by atoms with E-state index in [1.54, 1.807) is 0 Å². The van der Waals surface area contributed by atoms with E-state index >= 15 is 0 Å². The SMILES string of the molecule is O=C(OC12CC3CC(O)(CC3C1)C2)C(F)(C(F)(F)F)S(=O)(=O)O. The minimum Gasteiger partial charge on any atom is -0.455 e. The van der Waals surface area contributed by atoms with Gasteiger partial charge in [-0.25, -0.2) is 9.18 Å². The Balaban J connectivity index is 1.90. The maximum absolute atomic E-state index is 14.0. The number of ether oxygens (including phenoxy) is 1. The van der Waals surface area contributed by atoms with E-state index in [2.05, 4.69) is 4.74 Å². The van der Waals surface area contributed by atoms with Gasteiger partial charge in [-0.1, -0.05) is 0 Å². The predicted octanol–water partition coefficient (Wildman–Crippen LogP) is 1.34. The quantitative estimate of drug-likeness (QED) is 0.446. The van der Waals surface area contributed by atoms with Crippen LogP contribution in [0.15, 0.2) is 0 Å². The number of halogens is 4. The van der Waals surface area contributed by atoms with Gasteiger partial charge in [0.2, 0.25) is 0 Å². The minimum absolute atomic E-state index is 0.0628. The summed E-state index contributed by atoms with van der Waals surface area (Å²) in [6.07, 6.45) is -5.22. The van der Waals surface area contributed by atoms with Crippen molar-refractivity contribution in [2.75, 3.05) is 0 Å². The van der Waals surface area contributed by atoms with Gasteiger partial charge in [-0.2, -0.15) is 21.6 Å². The van der Waals surface area contributed by atoms with Crippen molar-refractivity contribution in [2.45, 2.75) is 54.5 Å². The zero-order valence-electron chi connectivity index (χ0n) is 11.6. The number of esters is 1. The molecule has 23 heavy (non-hydrogen) atoms. The summed E-state index contributed by atoms with van der Waals surface area (Å²) in [5, 5.41) is 4.70. The van der Waals surface area contributed by atoms with Crippen LogP contribution in [0.1, 0.15) is 32.1 Å². The molecule has 0 aliphatic heterocycles. The summed E-state index contributed by atoms with van der Waals surface area (Å²) in [7, 11) is -6.44. The van der Waals surface area contributed by atoms with E-state index in [-0.39, 0.29) is 31.1 Å². The predicted molar refractivity (Wildman–Crippen MR) is 65.3 cm³/mol. The van der Waals surface area contributed by atoms with Gasteiger partial charge in [0.1, 0.15) is 5.60 Å². The fourth-order valence-corrected chi connectivity index (χ4v) is 5.09. The van der Waals surface area contributed by atoms with Gasteiger partial charge in [0, 0.05) is 6.42 Å². The van der Waals surface area contributed by atoms with Gasteiger partial charge in [-0.05, 0) is 37.5 Å². The van der Waals surface area contributed by atoms with Crippen LogP contribution in [0.25, 0.3) is 0 Å². The molecule has 0 spiro atoms. The van der Waals surface area contributed by atoms with Crippen LogP contribution in [0, 0.1) is 11.8 Å². The van der Waals surface area contributed by atoms with Crippen LogP contribution in [0.4, 0.5) is 17.6 Å². The monoisotopic (exact) mass is 362 g/mol. The lowest BCUT2D eigenvalue weighted by molar-refractivity contribution is -0.228. The molecule has 4 saturated carbocycles. The molecule has 0 radical (unpaired) electrons. The van der Waals surface area contributed by atoms with Gasteiger partial charge < -0.3 is 9.84 Å². The summed E-state index contributed by atoms with van der Waals surface area (Å²) < 4.78 is 87.1. The summed E-state index contributed by atoms with van der Waals surface area (Å²) in [5.41, 5.74) is -2.72. The molecule has 3 unspecified atom stereocenters. The highest BCUT2D eigenvalue weighted by molar-refractivity contribution is 7.88. The summed E-state index contributed by atoms with van der Waals surface area (Å²) in [4.78, 5) is 11.7. The second-order valence-electron chi connectivity index (χ2n) is 6.88. The Bertz CT molecular complexity index is 645. The van der Waals surface area contributed by atoms with Crippen molar-refractivity contribution in [3.05, 3.63) is 0 Å². The summed E-state index contributed by atoms with van der Waals surface area (Å²) in [6.45, 7) is 0. The third kappa shape index (κ3) is 2.27. The van der Waals surface area contributed by atoms with Crippen molar-refractivity contribution in [2.24, 2.45) is 11.8 Å². The number of alkyl halides is 4. The molecule has 3 atom stereocenters. The first-order valence-electron chi connectivity index (χ1n) is 6.90. The van der Waals surface area contributed by atoms with Crippen LogP contribution < -0.4 is 0 Å². The van der Waals surface area contributed by atoms with E-state index < -0.39 is 38.5 Å². The standard InChI is InChI=1S/C12H14F4O6S/c13-11(12(14,15)16,23(19,20)21)8(17)22-10-3-6-1-9(18,5-10)2-7(6)4-10/h6-7,18H,1-5H2,(H,19,20,21). The average Bonchev–Trinajstić information content (AvgIpc) is 2.68. The van der Waals surface area contributed by atoms with E-state index in [0.717, 1.165) is 0 Å². The number of rotatable bonds is 3. The first-order chi connectivity index (χ1) is 10.2. The molecule has 4 rings (SSSR count). The molecule has 0 aromatic heterocycles. The van der Waals surface area contributed by atoms with E-state index in [1.807, 2.05) is 0 Å². The molecule has 2 N–H and O–H groups in total. The highest BCUT2D eigenvalue weighted by atomic mass is 32.2. The molecule has 0 saturated heterocycles. The number of carbonyl (C=O) groups excluding carboxylic acids is 1. The third-order valence-electron chi connectivity index (χ3n) is 5.16. The zero-order valence-corrected chi connectivity index (χ0v) is 12.5. The fraction of sp³-hybridized carbons (Fsp3) is 0.917. The van der Waals surface area contributed by atoms with E-state index in [0.29, 0.717) is 12.8 Å². The number of hydrogen-bond acceptors (Lipinski definition) is 5. The van der Waals surface area contributed by atoms with Crippen molar-refractivity contribution in [1.82, 2.24) is 0 Å². The topological polar surface area (TPSA) is 101 Å². The molecule has 11 heteroatoms. The van der Waals surface area contributed by atoms with Gasteiger partial charge in [-0.15, -0.1) is 0 Å². The van der Waals surface area contributed by atoms with Gasteiger partial charge in [0.25, 0.3) is 0 Å². The first-order valence-corrected chi connectivity index (χ1v) is 8.34. The Labute approximate surface area is 128 Å². The lowest BCUT2D eigenvalue weighted by Crippen LogP contribution is -2.58. The molecule has 0 heterocycles. The van der Waals surface area contributed by atoms with Crippen molar-refractivity contribution in [3.63, 3.8) is 0 Å². The van der Waals surface area contributed by atoms with Crippen LogP contribution >= 0.6 is 0 Å². The van der Waals surface area contributed by atoms with Crippen LogP contribution in [0.5, 0.6) is 0 Å². The van der Waals surface area contributed by atoms with Crippen molar-refractivity contribution >= 4 is 16.1 Å². The smallest absolute Gasteiger partial charge is 0.451 e. The van der Waals surface area contributed by atoms with Gasteiger partial charge in [0.15, 0.2) is 0 Å². The molecular weight excluding hydrogens is 348 g/mol. The molecule has 6 nitrogen and oxygen atoms in total. The summed E-state index contributed by atoms with van der Waals surface area (Å²) in [6, 6.07) is 0. The molecular formula is C12H14F4O6S. The van der Waals surface area contributed by atoms with Gasteiger partial charge in [-0.3, -0.25) is 4.55 Å². The number of hydrogen-bond donors (Lipinski definition) is 2. The van der Waals surface area contributed by atoms with Crippen molar-refractivity contribution in [3.8, 4) is 0 Å². The van der Waals surface area contributed by atoms with Crippen LogP contribution in [0.3, 0.4) is 0 Å². The highest BCUT2D eigenvalue weighted by Crippen LogP contribution is 2.63. The van der Waals surface area contributed by atoms with Crippen molar-refractivity contribution in [1.29, 1.82) is 0 Å². The minimum atomic E-state index is -6.44. The molecule has 0 aromatic rings. The van der Waals surface area contributed by atoms with Crippen LogP contribution in [-0.4, -0.2) is 46.4 Å². The van der Waals surface area contributed by atoms with E-state index in [4.69, 9.17) is 4.55 Å². The average molecular weight is 362 g/mol. The maximum Gasteiger partial charge on any atom is 0.451 e. The largest absolute Gasteiger partial charge is 0.455 e. The highest BCUT2D eigenvalue weighted by Gasteiger charge is 2.74. The molecule has 132 valence electrons. The lowest BCUT2D eigenvalue weighted by atomic mass is 9.75. The fourth-order valence-electron chi connectivity index (χ4n) is 4.55. The Morgan fingerprint density at radius 1 is 1.09 bits per heavy atom. The Morgan fingerprint density at radius 3 is 1.91 bits per heavy atom. The molecule has 0 aromatic carbocycles. The Morgan fingerprint density at radius 2 is 1.57 bits per heavy atom. The second kappa shape index (κ2) is 4.37. The number of aliphatic hydroxyl groups is 1. The molecule has 4 aliphatic carbocycles. The zero-order chi connectivity index (χ0) is 17.5. The van der Waals surface area contributed by atoms with Crippen LogP contribution in [0.2, 0.25) is 0 Å². The van der Waals surface area contributed by atoms with Crippen LogP contribution in [-0.2, 0) is 19.6 Å². The molecule has 4 fully saturated rings. The number of carbonyl (C=O) groups is 1. The Hall–Kier alpha value is -0.940. The van der Waals surface area contributed by atoms with Crippen molar-refractivity contribution < 1.29 is 45.2 Å². The lowest BCUT2D eigenvalue weighted by Gasteiger charge is -2.43.